The summed E-state index contributed by atoms with van der Waals surface area (Å²) in [5, 5.41) is 1.18. The van der Waals surface area contributed by atoms with Crippen molar-refractivity contribution < 1.29 is 4.79 Å². The Balaban J connectivity index is 1.68. The van der Waals surface area contributed by atoms with Crippen LogP contribution >= 0.6 is 0 Å². The minimum Gasteiger partial charge on any atom is -0.361 e. The highest BCUT2D eigenvalue weighted by atomic mass is 16.2. The summed E-state index contributed by atoms with van der Waals surface area (Å²) in [7, 11) is 0. The van der Waals surface area contributed by atoms with E-state index in [1.807, 2.05) is 23.2 Å². The minimum atomic E-state index is 0.206. The molecule has 3 rings (SSSR count). The second-order valence-electron chi connectivity index (χ2n) is 5.29. The van der Waals surface area contributed by atoms with E-state index in [2.05, 4.69) is 17.1 Å². The lowest BCUT2D eigenvalue weighted by Crippen LogP contribution is -2.43. The second-order valence-corrected chi connectivity index (χ2v) is 5.29. The molecule has 1 aromatic carbocycles. The molecule has 19 heavy (non-hydrogen) atoms. The van der Waals surface area contributed by atoms with Crippen LogP contribution in [-0.2, 0) is 11.2 Å². The highest BCUT2D eigenvalue weighted by Gasteiger charge is 2.20. The molecule has 1 amide bonds. The number of aromatic nitrogens is 1. The van der Waals surface area contributed by atoms with Crippen molar-refractivity contribution >= 4 is 16.8 Å². The first-order valence-electron chi connectivity index (χ1n) is 6.82. The lowest BCUT2D eigenvalue weighted by atomic mass is 10.0. The highest BCUT2D eigenvalue weighted by Crippen LogP contribution is 2.16. The van der Waals surface area contributed by atoms with Crippen molar-refractivity contribution in [2.45, 2.75) is 25.3 Å². The number of amides is 1. The minimum absolute atomic E-state index is 0.206. The lowest BCUT2D eigenvalue weighted by Gasteiger charge is -2.30. The normalized spacial score (nSPS) is 17.0. The number of carbonyl (C=O) groups excluding carboxylic acids is 1. The van der Waals surface area contributed by atoms with Crippen LogP contribution in [0.5, 0.6) is 0 Å². The van der Waals surface area contributed by atoms with E-state index in [-0.39, 0.29) is 11.9 Å². The van der Waals surface area contributed by atoms with Crippen molar-refractivity contribution in [2.75, 3.05) is 13.1 Å². The highest BCUT2D eigenvalue weighted by molar-refractivity contribution is 5.83. The third kappa shape index (κ3) is 2.63. The van der Waals surface area contributed by atoms with Gasteiger partial charge in [0.15, 0.2) is 0 Å². The fourth-order valence-corrected chi connectivity index (χ4v) is 2.64. The molecule has 0 spiro atoms. The zero-order chi connectivity index (χ0) is 13.2. The lowest BCUT2D eigenvalue weighted by molar-refractivity contribution is -0.131. The summed E-state index contributed by atoms with van der Waals surface area (Å²) < 4.78 is 0. The van der Waals surface area contributed by atoms with E-state index in [4.69, 9.17) is 5.73 Å². The molecular weight excluding hydrogens is 238 g/mol. The number of nitrogens with one attached hydrogen (secondary N) is 1. The van der Waals surface area contributed by atoms with Gasteiger partial charge in [-0.25, -0.2) is 0 Å². The third-order valence-corrected chi connectivity index (χ3v) is 3.87. The van der Waals surface area contributed by atoms with Gasteiger partial charge in [0.1, 0.15) is 0 Å². The number of benzene rings is 1. The largest absolute Gasteiger partial charge is 0.361 e. The second kappa shape index (κ2) is 5.05. The average molecular weight is 257 g/mol. The van der Waals surface area contributed by atoms with E-state index in [9.17, 15) is 4.79 Å². The van der Waals surface area contributed by atoms with Crippen molar-refractivity contribution in [1.29, 1.82) is 0 Å². The van der Waals surface area contributed by atoms with Gasteiger partial charge < -0.3 is 15.6 Å². The summed E-state index contributed by atoms with van der Waals surface area (Å²) in [5.74, 6) is 0.206. The van der Waals surface area contributed by atoms with Gasteiger partial charge in [0.25, 0.3) is 0 Å². The molecule has 4 heteroatoms. The van der Waals surface area contributed by atoms with Gasteiger partial charge in [-0.1, -0.05) is 12.1 Å². The Kier molecular flexibility index (Phi) is 3.25. The standard InChI is InChI=1S/C15H19N3O/c16-13-4-7-18(8-5-13)15(19)10-11-1-2-12-3-6-17-14(12)9-11/h1-3,6,9,13,17H,4-5,7-8,10,16H2. The van der Waals surface area contributed by atoms with Crippen LogP contribution in [0.15, 0.2) is 30.5 Å². The van der Waals surface area contributed by atoms with Crippen LogP contribution in [-0.4, -0.2) is 34.9 Å². The zero-order valence-corrected chi connectivity index (χ0v) is 10.9. The van der Waals surface area contributed by atoms with Crippen LogP contribution in [0.25, 0.3) is 10.9 Å². The number of nitrogens with zero attached hydrogens (tertiary/aromatic N) is 1. The van der Waals surface area contributed by atoms with E-state index in [1.54, 1.807) is 0 Å². The Morgan fingerprint density at radius 2 is 2.11 bits per heavy atom. The summed E-state index contributed by atoms with van der Waals surface area (Å²) in [4.78, 5) is 17.3. The molecule has 0 saturated carbocycles. The smallest absolute Gasteiger partial charge is 0.226 e. The number of nitrogens with two attached hydrogens (primary N) is 1. The van der Waals surface area contributed by atoms with Crippen LogP contribution in [0, 0.1) is 0 Å². The van der Waals surface area contributed by atoms with Crippen LogP contribution in [0.2, 0.25) is 0 Å². The number of H-pyrrole nitrogens is 1. The van der Waals surface area contributed by atoms with E-state index >= 15 is 0 Å². The average Bonchev–Trinajstić information content (AvgIpc) is 2.87. The molecule has 1 saturated heterocycles. The predicted molar refractivity (Wildman–Crippen MR) is 75.8 cm³/mol. The van der Waals surface area contributed by atoms with Gasteiger partial charge in [-0.3, -0.25) is 4.79 Å². The van der Waals surface area contributed by atoms with E-state index in [0.717, 1.165) is 37.0 Å². The maximum atomic E-state index is 12.2. The molecule has 1 aliphatic rings. The third-order valence-electron chi connectivity index (χ3n) is 3.87. The molecule has 100 valence electrons. The first-order chi connectivity index (χ1) is 9.22. The maximum Gasteiger partial charge on any atom is 0.226 e. The van der Waals surface area contributed by atoms with E-state index in [1.165, 1.54) is 5.39 Å². The monoisotopic (exact) mass is 257 g/mol. The first-order valence-corrected chi connectivity index (χ1v) is 6.82. The summed E-state index contributed by atoms with van der Waals surface area (Å²) >= 11 is 0. The number of hydrogen-bond donors (Lipinski definition) is 2. The molecule has 1 aromatic heterocycles. The topological polar surface area (TPSA) is 62.1 Å². The molecule has 1 aliphatic heterocycles. The SMILES string of the molecule is NC1CCN(C(=O)Cc2ccc3cc[nH]c3c2)CC1. The van der Waals surface area contributed by atoms with Crippen LogP contribution in [0.3, 0.4) is 0 Å². The first kappa shape index (κ1) is 12.2. The molecule has 2 heterocycles. The molecule has 4 nitrogen and oxygen atoms in total. The number of aromatic amines is 1. The van der Waals surface area contributed by atoms with Gasteiger partial charge in [0, 0.05) is 30.8 Å². The Labute approximate surface area is 112 Å². The molecule has 0 bridgehead atoms. The number of likely N-dealkylation sites (tertiary alicyclic amines) is 1. The Morgan fingerprint density at radius 3 is 2.89 bits per heavy atom. The quantitative estimate of drug-likeness (QED) is 0.859. The summed E-state index contributed by atoms with van der Waals surface area (Å²) in [6.07, 6.45) is 4.23. The fraction of sp³-hybridized carbons (Fsp3) is 0.400. The van der Waals surface area contributed by atoms with Crippen molar-refractivity contribution in [3.8, 4) is 0 Å². The van der Waals surface area contributed by atoms with E-state index in [0.29, 0.717) is 6.42 Å². The number of hydrogen-bond acceptors (Lipinski definition) is 2. The molecule has 0 aliphatic carbocycles. The number of piperidine rings is 1. The molecule has 0 radical (unpaired) electrons. The summed E-state index contributed by atoms with van der Waals surface area (Å²) in [5.41, 5.74) is 8.01. The van der Waals surface area contributed by atoms with Crippen LogP contribution in [0.4, 0.5) is 0 Å². The molecular formula is C15H19N3O. The molecule has 0 unspecified atom stereocenters. The van der Waals surface area contributed by atoms with Crippen LogP contribution < -0.4 is 5.73 Å². The van der Waals surface area contributed by atoms with Gasteiger partial charge >= 0.3 is 0 Å². The maximum absolute atomic E-state index is 12.2. The Bertz CT molecular complexity index is 582. The Morgan fingerprint density at radius 1 is 1.32 bits per heavy atom. The molecule has 0 atom stereocenters. The summed E-state index contributed by atoms with van der Waals surface area (Å²) in [6.45, 7) is 1.59. The van der Waals surface area contributed by atoms with Crippen molar-refractivity contribution in [1.82, 2.24) is 9.88 Å². The fourth-order valence-electron chi connectivity index (χ4n) is 2.64. The molecule has 3 N–H and O–H groups in total. The van der Waals surface area contributed by atoms with Gasteiger partial charge in [0.2, 0.25) is 5.91 Å². The zero-order valence-electron chi connectivity index (χ0n) is 10.9. The number of rotatable bonds is 2. The number of carbonyl (C=O) groups is 1. The molecule has 2 aromatic rings. The van der Waals surface area contributed by atoms with Gasteiger partial charge in [-0.15, -0.1) is 0 Å². The Hall–Kier alpha value is -1.81. The molecule has 1 fully saturated rings. The predicted octanol–water partition coefficient (Wildman–Crippen LogP) is 1.66. The van der Waals surface area contributed by atoms with Crippen LogP contribution in [0.1, 0.15) is 18.4 Å². The van der Waals surface area contributed by atoms with Gasteiger partial charge in [-0.2, -0.15) is 0 Å². The van der Waals surface area contributed by atoms with Gasteiger partial charge in [0.05, 0.1) is 6.42 Å². The number of fused-ring (bicyclic) bond motifs is 1. The van der Waals surface area contributed by atoms with Gasteiger partial charge in [-0.05, 0) is 35.9 Å². The van der Waals surface area contributed by atoms with E-state index < -0.39 is 0 Å². The van der Waals surface area contributed by atoms with Crippen molar-refractivity contribution in [2.24, 2.45) is 5.73 Å². The van der Waals surface area contributed by atoms with Crippen molar-refractivity contribution in [3.63, 3.8) is 0 Å². The summed E-state index contributed by atoms with van der Waals surface area (Å²) in [6, 6.07) is 8.44. The van der Waals surface area contributed by atoms with Crippen molar-refractivity contribution in [3.05, 3.63) is 36.0 Å².